The highest BCUT2D eigenvalue weighted by molar-refractivity contribution is 7.92. The fourth-order valence-electron chi connectivity index (χ4n) is 3.50. The summed E-state index contributed by atoms with van der Waals surface area (Å²) in [6.07, 6.45) is 0. The molecule has 12 heteroatoms. The number of hydrogen-bond donors (Lipinski definition) is 3. The van der Waals surface area contributed by atoms with E-state index in [2.05, 4.69) is 20.3 Å². The molecule has 4 aromatic rings. The van der Waals surface area contributed by atoms with Gasteiger partial charge in [0.1, 0.15) is 11.5 Å². The first-order chi connectivity index (χ1) is 18.2. The van der Waals surface area contributed by atoms with E-state index in [0.29, 0.717) is 33.5 Å². The van der Waals surface area contributed by atoms with E-state index >= 15 is 0 Å². The topological polar surface area (TPSA) is 119 Å². The maximum Gasteiger partial charge on any atom is 0.262 e. The molecule has 0 saturated heterocycles. The fourth-order valence-corrected chi connectivity index (χ4v) is 5.45. The SMILES string of the molecule is CNc1nc(-c2ccc(OC)c(NC(=O)COc3ccc(S(=O)(=O)Nc4ccc(Cl)cc4)cc3C)c2)cs1. The number of halogens is 1. The number of ether oxygens (including phenoxy) is 2. The molecule has 0 aliphatic rings. The smallest absolute Gasteiger partial charge is 0.262 e. The average molecular weight is 573 g/mol. The molecule has 9 nitrogen and oxygen atoms in total. The number of methoxy groups -OCH3 is 1. The first-order valence-electron chi connectivity index (χ1n) is 11.3. The number of nitrogens with one attached hydrogen (secondary N) is 3. The molecule has 1 heterocycles. The molecule has 0 bridgehead atoms. The van der Waals surface area contributed by atoms with Crippen LogP contribution in [0.5, 0.6) is 11.5 Å². The summed E-state index contributed by atoms with van der Waals surface area (Å²) in [5.41, 5.74) is 3.01. The summed E-state index contributed by atoms with van der Waals surface area (Å²) in [5, 5.41) is 9.01. The number of hydrogen-bond acceptors (Lipinski definition) is 8. The summed E-state index contributed by atoms with van der Waals surface area (Å²) in [4.78, 5) is 17.2. The molecule has 0 fully saturated rings. The van der Waals surface area contributed by atoms with Gasteiger partial charge in [0.25, 0.3) is 15.9 Å². The van der Waals surface area contributed by atoms with Crippen LogP contribution >= 0.6 is 22.9 Å². The van der Waals surface area contributed by atoms with Gasteiger partial charge in [-0.25, -0.2) is 13.4 Å². The van der Waals surface area contributed by atoms with Gasteiger partial charge < -0.3 is 20.1 Å². The van der Waals surface area contributed by atoms with Crippen LogP contribution in [-0.4, -0.2) is 40.1 Å². The molecule has 0 saturated carbocycles. The minimum Gasteiger partial charge on any atom is -0.495 e. The van der Waals surface area contributed by atoms with Crippen LogP contribution in [0.1, 0.15) is 5.56 Å². The van der Waals surface area contributed by atoms with Crippen LogP contribution in [0.4, 0.5) is 16.5 Å². The Hall–Kier alpha value is -3.80. The number of thiazole rings is 1. The zero-order chi connectivity index (χ0) is 27.3. The summed E-state index contributed by atoms with van der Waals surface area (Å²) in [6, 6.07) is 16.1. The van der Waals surface area contributed by atoms with Crippen LogP contribution in [0, 0.1) is 6.92 Å². The van der Waals surface area contributed by atoms with Crippen LogP contribution in [0.2, 0.25) is 5.02 Å². The number of carbonyl (C=O) groups is 1. The molecule has 3 aromatic carbocycles. The second-order valence-corrected chi connectivity index (χ2v) is 11.1. The number of carbonyl (C=O) groups excluding carboxylic acids is 1. The van der Waals surface area contributed by atoms with E-state index in [-0.39, 0.29) is 11.5 Å². The van der Waals surface area contributed by atoms with E-state index in [1.54, 1.807) is 50.4 Å². The fraction of sp³-hybridized carbons (Fsp3) is 0.154. The number of aryl methyl sites for hydroxylation is 1. The molecule has 1 amide bonds. The second kappa shape index (κ2) is 11.7. The highest BCUT2D eigenvalue weighted by Gasteiger charge is 2.17. The van der Waals surface area contributed by atoms with Gasteiger partial charge in [0.15, 0.2) is 11.7 Å². The van der Waals surface area contributed by atoms with Crippen LogP contribution < -0.4 is 24.8 Å². The number of aromatic nitrogens is 1. The third kappa shape index (κ3) is 6.55. The van der Waals surface area contributed by atoms with Crippen molar-refractivity contribution in [1.82, 2.24) is 4.98 Å². The van der Waals surface area contributed by atoms with Gasteiger partial charge in [-0.1, -0.05) is 11.6 Å². The lowest BCUT2D eigenvalue weighted by Gasteiger charge is -2.14. The van der Waals surface area contributed by atoms with Crippen LogP contribution in [-0.2, 0) is 14.8 Å². The van der Waals surface area contributed by atoms with Crippen molar-refractivity contribution in [2.75, 3.05) is 36.1 Å². The van der Waals surface area contributed by atoms with Gasteiger partial charge in [-0.15, -0.1) is 11.3 Å². The zero-order valence-electron chi connectivity index (χ0n) is 20.7. The lowest BCUT2D eigenvalue weighted by Crippen LogP contribution is -2.21. The Kier molecular flexibility index (Phi) is 8.40. The number of sulfonamides is 1. The third-order valence-electron chi connectivity index (χ3n) is 5.40. The predicted octanol–water partition coefficient (Wildman–Crippen LogP) is 5.64. The molecule has 0 radical (unpaired) electrons. The van der Waals surface area contributed by atoms with E-state index in [9.17, 15) is 13.2 Å². The molecule has 0 atom stereocenters. The number of rotatable bonds is 10. The van der Waals surface area contributed by atoms with Crippen molar-refractivity contribution in [3.63, 3.8) is 0 Å². The number of benzene rings is 3. The van der Waals surface area contributed by atoms with E-state index in [4.69, 9.17) is 21.1 Å². The van der Waals surface area contributed by atoms with Gasteiger partial charge in [-0.2, -0.15) is 0 Å². The van der Waals surface area contributed by atoms with E-state index in [1.165, 1.54) is 36.6 Å². The van der Waals surface area contributed by atoms with Crippen molar-refractivity contribution in [2.24, 2.45) is 0 Å². The molecule has 0 aliphatic heterocycles. The Morgan fingerprint density at radius 1 is 1.05 bits per heavy atom. The second-order valence-electron chi connectivity index (χ2n) is 8.08. The van der Waals surface area contributed by atoms with Crippen molar-refractivity contribution in [3.8, 4) is 22.8 Å². The molecule has 3 N–H and O–H groups in total. The Morgan fingerprint density at radius 2 is 1.79 bits per heavy atom. The van der Waals surface area contributed by atoms with Crippen LogP contribution in [0.3, 0.4) is 0 Å². The van der Waals surface area contributed by atoms with E-state index < -0.39 is 15.9 Å². The van der Waals surface area contributed by atoms with E-state index in [0.717, 1.165) is 16.4 Å². The number of nitrogens with zero attached hydrogens (tertiary/aromatic N) is 1. The largest absolute Gasteiger partial charge is 0.495 e. The van der Waals surface area contributed by atoms with Gasteiger partial charge >= 0.3 is 0 Å². The minimum atomic E-state index is -3.82. The molecule has 0 aliphatic carbocycles. The lowest BCUT2D eigenvalue weighted by molar-refractivity contribution is -0.118. The Labute approximate surface area is 229 Å². The zero-order valence-corrected chi connectivity index (χ0v) is 23.1. The standard InChI is InChI=1S/C26H25ClN4O5S2/c1-16-12-20(38(33,34)31-19-7-5-18(27)6-8-19)9-11-23(16)36-14-25(32)29-21-13-17(4-10-24(21)35-3)22-15-37-26(28-2)30-22/h4-13,15,31H,14H2,1-3H3,(H,28,30)(H,29,32). The molecule has 0 spiro atoms. The maximum absolute atomic E-state index is 12.8. The van der Waals surface area contributed by atoms with E-state index in [1.807, 2.05) is 11.4 Å². The molecular weight excluding hydrogens is 548 g/mol. The molecular formula is C26H25ClN4O5S2. The molecule has 4 rings (SSSR count). The summed E-state index contributed by atoms with van der Waals surface area (Å²) < 4.78 is 39.1. The minimum absolute atomic E-state index is 0.0618. The summed E-state index contributed by atoms with van der Waals surface area (Å²) >= 11 is 7.34. The van der Waals surface area contributed by atoms with Crippen molar-refractivity contribution >= 4 is 55.4 Å². The first-order valence-corrected chi connectivity index (χ1v) is 14.1. The lowest BCUT2D eigenvalue weighted by atomic mass is 10.1. The normalized spacial score (nSPS) is 11.1. The molecule has 0 unspecified atom stereocenters. The molecule has 1 aromatic heterocycles. The van der Waals surface area contributed by atoms with Gasteiger partial charge in [0, 0.05) is 28.7 Å². The monoisotopic (exact) mass is 572 g/mol. The Bertz CT molecular complexity index is 1560. The van der Waals surface area contributed by atoms with Gasteiger partial charge in [-0.05, 0) is 73.2 Å². The van der Waals surface area contributed by atoms with Crippen molar-refractivity contribution in [2.45, 2.75) is 11.8 Å². The van der Waals surface area contributed by atoms with Crippen LogP contribution in [0.25, 0.3) is 11.3 Å². The van der Waals surface area contributed by atoms with Crippen LogP contribution in [0.15, 0.2) is 70.9 Å². The Balaban J connectivity index is 1.42. The average Bonchev–Trinajstić information content (AvgIpc) is 3.38. The first kappa shape index (κ1) is 27.2. The van der Waals surface area contributed by atoms with Gasteiger partial charge in [-0.3, -0.25) is 9.52 Å². The van der Waals surface area contributed by atoms with Gasteiger partial charge in [0.05, 0.1) is 23.4 Å². The van der Waals surface area contributed by atoms with Crippen molar-refractivity contribution < 1.29 is 22.7 Å². The molecule has 38 heavy (non-hydrogen) atoms. The van der Waals surface area contributed by atoms with Crippen molar-refractivity contribution in [1.29, 1.82) is 0 Å². The van der Waals surface area contributed by atoms with Crippen molar-refractivity contribution in [3.05, 3.63) is 76.6 Å². The summed E-state index contributed by atoms with van der Waals surface area (Å²) in [5.74, 6) is 0.466. The number of anilines is 3. The summed E-state index contributed by atoms with van der Waals surface area (Å²) in [6.45, 7) is 1.41. The third-order valence-corrected chi connectivity index (χ3v) is 7.89. The predicted molar refractivity (Wildman–Crippen MR) is 151 cm³/mol. The molecule has 198 valence electrons. The van der Waals surface area contributed by atoms with Gasteiger partial charge in [0.2, 0.25) is 0 Å². The quantitative estimate of drug-likeness (QED) is 0.225. The number of amides is 1. The summed E-state index contributed by atoms with van der Waals surface area (Å²) in [7, 11) is -0.504. The Morgan fingerprint density at radius 3 is 2.45 bits per heavy atom. The highest BCUT2D eigenvalue weighted by atomic mass is 35.5. The highest BCUT2D eigenvalue weighted by Crippen LogP contribution is 2.32. The maximum atomic E-state index is 12.8.